The number of hydrogen-bond donors (Lipinski definition) is 3. The quantitative estimate of drug-likeness (QED) is 0.458. The number of piperidine rings is 1. The minimum atomic E-state index is -0.632. The molecule has 9 nitrogen and oxygen atoms in total. The number of aryl methyl sites for hydroxylation is 1. The summed E-state index contributed by atoms with van der Waals surface area (Å²) in [4.78, 5) is 38.9. The summed E-state index contributed by atoms with van der Waals surface area (Å²) in [6.07, 6.45) is 2.29. The number of morpholine rings is 1. The monoisotopic (exact) mass is 490 g/mol. The van der Waals surface area contributed by atoms with Gasteiger partial charge in [-0.15, -0.1) is 0 Å². The molecule has 0 aliphatic carbocycles. The minimum Gasteiger partial charge on any atom is -0.494 e. The van der Waals surface area contributed by atoms with Crippen molar-refractivity contribution in [1.82, 2.24) is 20.1 Å². The molecule has 0 radical (unpaired) electrons. The van der Waals surface area contributed by atoms with Gasteiger partial charge in [0.15, 0.2) is 5.88 Å². The molecule has 1 aromatic heterocycles. The van der Waals surface area contributed by atoms with Crippen LogP contribution in [0.3, 0.4) is 0 Å². The van der Waals surface area contributed by atoms with E-state index in [2.05, 4.69) is 15.5 Å². The van der Waals surface area contributed by atoms with Gasteiger partial charge in [0.25, 0.3) is 5.91 Å². The van der Waals surface area contributed by atoms with Gasteiger partial charge in [-0.05, 0) is 54.3 Å². The maximum Gasteiger partial charge on any atom is 0.251 e. The second kappa shape index (κ2) is 10.1. The fourth-order valence-electron chi connectivity index (χ4n) is 4.87. The van der Waals surface area contributed by atoms with Crippen LogP contribution in [0, 0.1) is 6.92 Å². The van der Waals surface area contributed by atoms with E-state index in [4.69, 9.17) is 4.74 Å². The van der Waals surface area contributed by atoms with Crippen molar-refractivity contribution in [2.24, 2.45) is 0 Å². The highest BCUT2D eigenvalue weighted by molar-refractivity contribution is 6.00. The van der Waals surface area contributed by atoms with Crippen molar-refractivity contribution in [3.63, 3.8) is 0 Å². The van der Waals surface area contributed by atoms with Crippen molar-refractivity contribution < 1.29 is 24.2 Å². The Hall–Kier alpha value is -3.69. The molecule has 188 valence electrons. The molecular weight excluding hydrogens is 460 g/mol. The lowest BCUT2D eigenvalue weighted by molar-refractivity contribution is -0.135. The summed E-state index contributed by atoms with van der Waals surface area (Å²) in [6.45, 7) is 6.55. The van der Waals surface area contributed by atoms with E-state index in [1.807, 2.05) is 37.3 Å². The molecular formula is C27H30N4O5. The molecule has 3 heterocycles. The first-order chi connectivity index (χ1) is 17.4. The van der Waals surface area contributed by atoms with Crippen LogP contribution < -0.4 is 10.6 Å². The Morgan fingerprint density at radius 1 is 1.17 bits per heavy atom. The van der Waals surface area contributed by atoms with Gasteiger partial charge in [0.1, 0.15) is 6.04 Å². The number of nitrogens with one attached hydrogen (secondary N) is 2. The lowest BCUT2D eigenvalue weighted by Crippen LogP contribution is -2.41. The largest absolute Gasteiger partial charge is 0.494 e. The molecule has 3 N–H and O–H groups in total. The standard InChI is InChI=1S/C27H30N4O5/c1-17-12-19(3-4-20(17)15-30-8-10-36-11-9-30)25(33)28-14-18-2-5-22-21(13-18)16-31(27(22)35)23-6-7-24(32)29-26(23)34/h2-5,12-13,16,23,35H,6-11,14-15H2,1H3,(H,28,33)(H,29,32,34). The van der Waals surface area contributed by atoms with Crippen LogP contribution >= 0.6 is 0 Å². The topological polar surface area (TPSA) is 113 Å². The molecule has 3 amide bonds. The van der Waals surface area contributed by atoms with Crippen molar-refractivity contribution in [2.75, 3.05) is 26.3 Å². The SMILES string of the molecule is Cc1cc(C(=O)NCc2ccc3c(O)n(C4CCC(=O)NC4=O)cc3c2)ccc1CN1CCOCC1. The summed E-state index contributed by atoms with van der Waals surface area (Å²) < 4.78 is 6.92. The highest BCUT2D eigenvalue weighted by atomic mass is 16.5. The number of hydrogen-bond acceptors (Lipinski definition) is 6. The van der Waals surface area contributed by atoms with Gasteiger partial charge in [0.05, 0.1) is 13.2 Å². The summed E-state index contributed by atoms with van der Waals surface area (Å²) in [5.41, 5.74) is 3.78. The zero-order valence-electron chi connectivity index (χ0n) is 20.3. The Morgan fingerprint density at radius 3 is 2.72 bits per heavy atom. The Balaban J connectivity index is 1.24. The number of ether oxygens (including phenoxy) is 1. The number of rotatable bonds is 6. The number of nitrogens with zero attached hydrogens (tertiary/aromatic N) is 2. The van der Waals surface area contributed by atoms with Crippen LogP contribution in [0.25, 0.3) is 10.8 Å². The Bertz CT molecular complexity index is 1330. The summed E-state index contributed by atoms with van der Waals surface area (Å²) in [5.74, 6) is -0.879. The first-order valence-electron chi connectivity index (χ1n) is 12.2. The zero-order valence-corrected chi connectivity index (χ0v) is 20.3. The highest BCUT2D eigenvalue weighted by Crippen LogP contribution is 2.33. The van der Waals surface area contributed by atoms with Gasteiger partial charge in [0, 0.05) is 55.1 Å². The zero-order chi connectivity index (χ0) is 25.2. The summed E-state index contributed by atoms with van der Waals surface area (Å²) in [7, 11) is 0. The van der Waals surface area contributed by atoms with Crippen molar-refractivity contribution in [2.45, 2.75) is 38.9 Å². The van der Waals surface area contributed by atoms with Crippen LogP contribution in [0.2, 0.25) is 0 Å². The number of aromatic nitrogens is 1. The third kappa shape index (κ3) is 4.98. The van der Waals surface area contributed by atoms with Crippen molar-refractivity contribution in [1.29, 1.82) is 0 Å². The van der Waals surface area contributed by atoms with Crippen LogP contribution in [0.1, 0.15) is 45.9 Å². The van der Waals surface area contributed by atoms with Crippen LogP contribution in [0.4, 0.5) is 0 Å². The van der Waals surface area contributed by atoms with Gasteiger partial charge >= 0.3 is 0 Å². The molecule has 1 atom stereocenters. The number of imide groups is 1. The molecule has 2 aliphatic heterocycles. The van der Waals surface area contributed by atoms with Crippen molar-refractivity contribution in [3.05, 3.63) is 64.8 Å². The predicted octanol–water partition coefficient (Wildman–Crippen LogP) is 2.40. The Labute approximate surface area is 209 Å². The maximum atomic E-state index is 12.8. The Kier molecular flexibility index (Phi) is 6.75. The number of amides is 3. The van der Waals surface area contributed by atoms with Crippen LogP contribution in [0.15, 0.2) is 42.6 Å². The average Bonchev–Trinajstić information content (AvgIpc) is 3.19. The van der Waals surface area contributed by atoms with Crippen LogP contribution in [0.5, 0.6) is 5.88 Å². The number of carbonyl (C=O) groups is 3. The molecule has 2 saturated heterocycles. The average molecular weight is 491 g/mol. The number of fused-ring (bicyclic) bond motifs is 1. The van der Waals surface area contributed by atoms with E-state index in [0.29, 0.717) is 23.9 Å². The highest BCUT2D eigenvalue weighted by Gasteiger charge is 2.30. The maximum absolute atomic E-state index is 12.8. The van der Waals surface area contributed by atoms with Gasteiger partial charge in [-0.3, -0.25) is 24.6 Å². The molecule has 5 rings (SSSR count). The summed E-state index contributed by atoms with van der Waals surface area (Å²) >= 11 is 0. The van der Waals surface area contributed by atoms with Gasteiger partial charge < -0.3 is 19.7 Å². The molecule has 0 bridgehead atoms. The molecule has 2 aromatic carbocycles. The molecule has 0 saturated carbocycles. The third-order valence-electron chi connectivity index (χ3n) is 6.98. The van der Waals surface area contributed by atoms with E-state index in [1.165, 1.54) is 10.1 Å². The smallest absolute Gasteiger partial charge is 0.251 e. The molecule has 36 heavy (non-hydrogen) atoms. The molecule has 2 aliphatic rings. The van der Waals surface area contributed by atoms with E-state index in [0.717, 1.165) is 49.4 Å². The predicted molar refractivity (Wildman–Crippen MR) is 133 cm³/mol. The lowest BCUT2D eigenvalue weighted by atomic mass is 10.0. The van der Waals surface area contributed by atoms with Crippen LogP contribution in [-0.2, 0) is 27.4 Å². The van der Waals surface area contributed by atoms with E-state index < -0.39 is 11.9 Å². The molecule has 3 aromatic rings. The van der Waals surface area contributed by atoms with Gasteiger partial charge in [-0.1, -0.05) is 12.1 Å². The second-order valence-electron chi connectivity index (χ2n) is 9.46. The first-order valence-corrected chi connectivity index (χ1v) is 12.2. The fourth-order valence-corrected chi connectivity index (χ4v) is 4.87. The summed E-state index contributed by atoms with van der Waals surface area (Å²) in [6, 6.07) is 10.7. The Morgan fingerprint density at radius 2 is 1.97 bits per heavy atom. The molecule has 1 unspecified atom stereocenters. The minimum absolute atomic E-state index is 0.0114. The molecule has 0 spiro atoms. The van der Waals surface area contributed by atoms with Crippen molar-refractivity contribution in [3.8, 4) is 5.88 Å². The van der Waals surface area contributed by atoms with Gasteiger partial charge in [0.2, 0.25) is 11.8 Å². The molecule has 2 fully saturated rings. The van der Waals surface area contributed by atoms with Gasteiger partial charge in [-0.2, -0.15) is 0 Å². The van der Waals surface area contributed by atoms with Crippen LogP contribution in [-0.4, -0.2) is 58.6 Å². The second-order valence-corrected chi connectivity index (χ2v) is 9.46. The number of carbonyl (C=O) groups excluding carboxylic acids is 3. The third-order valence-corrected chi connectivity index (χ3v) is 6.98. The lowest BCUT2D eigenvalue weighted by Gasteiger charge is -2.27. The fraction of sp³-hybridized carbons (Fsp3) is 0.370. The van der Waals surface area contributed by atoms with Crippen molar-refractivity contribution >= 4 is 28.5 Å². The number of aromatic hydroxyl groups is 1. The van der Waals surface area contributed by atoms with E-state index in [9.17, 15) is 19.5 Å². The summed E-state index contributed by atoms with van der Waals surface area (Å²) in [5, 5.41) is 17.3. The first kappa shape index (κ1) is 24.0. The van der Waals surface area contributed by atoms with E-state index in [-0.39, 0.29) is 24.1 Å². The number of benzene rings is 2. The van der Waals surface area contributed by atoms with E-state index >= 15 is 0 Å². The molecule has 9 heteroatoms. The van der Waals surface area contributed by atoms with E-state index in [1.54, 1.807) is 12.3 Å². The van der Waals surface area contributed by atoms with Gasteiger partial charge in [-0.25, -0.2) is 0 Å². The normalized spacial score (nSPS) is 18.9.